The summed E-state index contributed by atoms with van der Waals surface area (Å²) >= 11 is 1.15. The summed E-state index contributed by atoms with van der Waals surface area (Å²) in [6.45, 7) is 4.07. The van der Waals surface area contributed by atoms with Crippen molar-refractivity contribution in [2.24, 2.45) is 0 Å². The lowest BCUT2D eigenvalue weighted by Crippen LogP contribution is -2.47. The molecule has 0 fully saturated rings. The number of likely N-dealkylation sites (N-methyl/N-ethyl adjacent to an activating group) is 1. The van der Waals surface area contributed by atoms with E-state index < -0.39 is 5.60 Å². The molecule has 0 saturated carbocycles. The van der Waals surface area contributed by atoms with Gasteiger partial charge in [0.25, 0.3) is 5.91 Å². The van der Waals surface area contributed by atoms with Crippen LogP contribution in [-0.4, -0.2) is 53.7 Å². The van der Waals surface area contributed by atoms with Gasteiger partial charge in [0.05, 0.1) is 11.3 Å². The number of hydrogen-bond donors (Lipinski definition) is 3. The number of thiazole rings is 1. The number of carbonyl (C=O) groups is 1. The van der Waals surface area contributed by atoms with E-state index in [-0.39, 0.29) is 12.5 Å². The van der Waals surface area contributed by atoms with Gasteiger partial charge in [-0.15, -0.1) is 0 Å². The predicted octanol–water partition coefficient (Wildman–Crippen LogP) is 0.0761. The summed E-state index contributed by atoms with van der Waals surface area (Å²) in [5, 5.41) is 13.1. The molecule has 0 radical (unpaired) electrons. The molecule has 0 aliphatic carbocycles. The highest BCUT2D eigenvalue weighted by Gasteiger charge is 2.23. The first-order chi connectivity index (χ1) is 8.21. The van der Waals surface area contributed by atoms with Crippen LogP contribution in [0.1, 0.15) is 22.3 Å². The monoisotopic (exact) mass is 272 g/mol. The summed E-state index contributed by atoms with van der Waals surface area (Å²) in [5.74, 6) is -0.249. The molecule has 1 heterocycles. The molecule has 0 bridgehead atoms. The van der Waals surface area contributed by atoms with E-state index in [2.05, 4.69) is 10.3 Å². The molecular weight excluding hydrogens is 252 g/mol. The average molecular weight is 272 g/mol. The summed E-state index contributed by atoms with van der Waals surface area (Å²) in [7, 11) is 3.73. The van der Waals surface area contributed by atoms with Gasteiger partial charge >= 0.3 is 0 Å². The molecule has 0 aromatic carbocycles. The molecule has 1 rings (SSSR count). The second kappa shape index (κ2) is 5.64. The Bertz CT molecular complexity index is 429. The number of aliphatic hydroxyl groups is 1. The average Bonchev–Trinajstić information content (AvgIpc) is 2.52. The Labute approximate surface area is 111 Å². The van der Waals surface area contributed by atoms with Crippen LogP contribution in [0.5, 0.6) is 0 Å². The SMILES string of the molecule is Cc1nc(N)sc1C(=O)NCC(C)(O)CN(C)C. The van der Waals surface area contributed by atoms with Crippen LogP contribution in [-0.2, 0) is 0 Å². The Balaban J connectivity index is 2.59. The molecule has 1 unspecified atom stereocenters. The molecular formula is C11H20N4O2S. The lowest BCUT2D eigenvalue weighted by molar-refractivity contribution is 0.0326. The Morgan fingerprint density at radius 3 is 2.67 bits per heavy atom. The number of nitrogens with zero attached hydrogens (tertiary/aromatic N) is 2. The van der Waals surface area contributed by atoms with Crippen molar-refractivity contribution < 1.29 is 9.90 Å². The molecule has 6 nitrogen and oxygen atoms in total. The summed E-state index contributed by atoms with van der Waals surface area (Å²) < 4.78 is 0. The van der Waals surface area contributed by atoms with Crippen molar-refractivity contribution in [2.45, 2.75) is 19.4 Å². The van der Waals surface area contributed by atoms with E-state index in [1.807, 2.05) is 19.0 Å². The third-order valence-electron chi connectivity index (χ3n) is 2.31. The standard InChI is InChI=1S/C11H20N4O2S/c1-7-8(18-10(12)14-7)9(16)13-5-11(2,17)6-15(3)4/h17H,5-6H2,1-4H3,(H2,12,14)(H,13,16). The molecule has 1 atom stereocenters. The second-order valence-electron chi connectivity index (χ2n) is 4.88. The van der Waals surface area contributed by atoms with E-state index >= 15 is 0 Å². The minimum atomic E-state index is -0.969. The van der Waals surface area contributed by atoms with Gasteiger partial charge in [-0.2, -0.15) is 0 Å². The molecule has 18 heavy (non-hydrogen) atoms. The van der Waals surface area contributed by atoms with Gasteiger partial charge in [-0.3, -0.25) is 4.79 Å². The van der Waals surface area contributed by atoms with Crippen molar-refractivity contribution in [3.63, 3.8) is 0 Å². The smallest absolute Gasteiger partial charge is 0.263 e. The van der Waals surface area contributed by atoms with Crippen molar-refractivity contribution in [3.8, 4) is 0 Å². The highest BCUT2D eigenvalue weighted by molar-refractivity contribution is 7.17. The third-order valence-corrected chi connectivity index (χ3v) is 3.29. The van der Waals surface area contributed by atoms with Gasteiger partial charge in [-0.25, -0.2) is 4.98 Å². The summed E-state index contributed by atoms with van der Waals surface area (Å²) in [6.07, 6.45) is 0. The highest BCUT2D eigenvalue weighted by Crippen LogP contribution is 2.19. The number of anilines is 1. The molecule has 0 aliphatic rings. The Hall–Kier alpha value is -1.18. The first kappa shape index (κ1) is 14.9. The van der Waals surface area contributed by atoms with Crippen LogP contribution < -0.4 is 11.1 Å². The van der Waals surface area contributed by atoms with Crippen LogP contribution in [0.3, 0.4) is 0 Å². The van der Waals surface area contributed by atoms with Gasteiger partial charge in [0.1, 0.15) is 4.88 Å². The first-order valence-electron chi connectivity index (χ1n) is 5.59. The van der Waals surface area contributed by atoms with E-state index in [0.717, 1.165) is 11.3 Å². The number of carbonyl (C=O) groups excluding carboxylic acids is 1. The normalized spacial score (nSPS) is 14.6. The topological polar surface area (TPSA) is 91.5 Å². The number of hydrogen-bond acceptors (Lipinski definition) is 6. The van der Waals surface area contributed by atoms with Crippen molar-refractivity contribution in [2.75, 3.05) is 32.9 Å². The Morgan fingerprint density at radius 1 is 1.61 bits per heavy atom. The zero-order valence-electron chi connectivity index (χ0n) is 11.1. The van der Waals surface area contributed by atoms with Crippen LogP contribution in [0.25, 0.3) is 0 Å². The van der Waals surface area contributed by atoms with E-state index in [1.54, 1.807) is 13.8 Å². The number of rotatable bonds is 5. The number of nitrogens with two attached hydrogens (primary N) is 1. The molecule has 1 amide bonds. The summed E-state index contributed by atoms with van der Waals surface area (Å²) in [6, 6.07) is 0. The van der Waals surface area contributed by atoms with Gasteiger partial charge in [-0.05, 0) is 27.9 Å². The zero-order valence-corrected chi connectivity index (χ0v) is 12.0. The minimum absolute atomic E-state index is 0.182. The Morgan fingerprint density at radius 2 is 2.22 bits per heavy atom. The summed E-state index contributed by atoms with van der Waals surface area (Å²) in [4.78, 5) is 18.2. The Kier molecular flexibility index (Phi) is 4.66. The quantitative estimate of drug-likeness (QED) is 0.706. The van der Waals surface area contributed by atoms with Crippen LogP contribution >= 0.6 is 11.3 Å². The molecule has 0 aliphatic heterocycles. The molecule has 1 aromatic heterocycles. The molecule has 0 saturated heterocycles. The predicted molar refractivity (Wildman–Crippen MR) is 72.8 cm³/mol. The van der Waals surface area contributed by atoms with E-state index in [9.17, 15) is 9.90 Å². The van der Waals surface area contributed by atoms with Crippen LogP contribution in [0.15, 0.2) is 0 Å². The van der Waals surface area contributed by atoms with Gasteiger partial charge in [0.2, 0.25) is 0 Å². The van der Waals surface area contributed by atoms with Crippen molar-refractivity contribution in [1.29, 1.82) is 0 Å². The van der Waals surface area contributed by atoms with Crippen LogP contribution in [0, 0.1) is 6.92 Å². The van der Waals surface area contributed by atoms with Crippen LogP contribution in [0.4, 0.5) is 5.13 Å². The van der Waals surface area contributed by atoms with Gasteiger partial charge < -0.3 is 21.1 Å². The number of nitrogens with one attached hydrogen (secondary N) is 1. The lowest BCUT2D eigenvalue weighted by atomic mass is 10.1. The van der Waals surface area contributed by atoms with E-state index in [4.69, 9.17) is 5.73 Å². The van der Waals surface area contributed by atoms with Crippen LogP contribution in [0.2, 0.25) is 0 Å². The third kappa shape index (κ3) is 4.25. The minimum Gasteiger partial charge on any atom is -0.387 e. The first-order valence-corrected chi connectivity index (χ1v) is 6.41. The number of nitrogen functional groups attached to an aromatic ring is 1. The zero-order chi connectivity index (χ0) is 13.9. The van der Waals surface area contributed by atoms with Gasteiger partial charge in [-0.1, -0.05) is 11.3 Å². The van der Waals surface area contributed by atoms with Crippen molar-refractivity contribution in [1.82, 2.24) is 15.2 Å². The largest absolute Gasteiger partial charge is 0.387 e. The molecule has 102 valence electrons. The van der Waals surface area contributed by atoms with Gasteiger partial charge in [0, 0.05) is 13.1 Å². The molecule has 7 heteroatoms. The van der Waals surface area contributed by atoms with E-state index in [1.165, 1.54) is 0 Å². The molecule has 1 aromatic rings. The fourth-order valence-corrected chi connectivity index (χ4v) is 2.47. The summed E-state index contributed by atoms with van der Waals surface area (Å²) in [5.41, 5.74) is 5.18. The van der Waals surface area contributed by atoms with Gasteiger partial charge in [0.15, 0.2) is 5.13 Å². The second-order valence-corrected chi connectivity index (χ2v) is 5.91. The molecule has 0 spiro atoms. The van der Waals surface area contributed by atoms with E-state index in [0.29, 0.717) is 22.2 Å². The fraction of sp³-hybridized carbons (Fsp3) is 0.636. The van der Waals surface area contributed by atoms with Crippen molar-refractivity contribution >= 4 is 22.4 Å². The lowest BCUT2D eigenvalue weighted by Gasteiger charge is -2.26. The highest BCUT2D eigenvalue weighted by atomic mass is 32.1. The number of aromatic nitrogens is 1. The van der Waals surface area contributed by atoms with Crippen molar-refractivity contribution in [3.05, 3.63) is 10.6 Å². The molecule has 4 N–H and O–H groups in total. The number of amides is 1. The number of aryl methyl sites for hydroxylation is 1. The maximum absolute atomic E-state index is 11.9. The maximum atomic E-state index is 11.9. The fourth-order valence-electron chi connectivity index (χ4n) is 1.72. The maximum Gasteiger partial charge on any atom is 0.263 e.